The molecule has 1 aromatic rings. The van der Waals surface area contributed by atoms with Crippen LogP contribution in [0.5, 0.6) is 11.5 Å². The van der Waals surface area contributed by atoms with Gasteiger partial charge in [-0.1, -0.05) is 0 Å². The van der Waals surface area contributed by atoms with E-state index in [9.17, 15) is 14.7 Å². The van der Waals surface area contributed by atoms with Gasteiger partial charge in [-0.2, -0.15) is 0 Å². The van der Waals surface area contributed by atoms with Crippen LogP contribution in [0.1, 0.15) is 29.6 Å². The van der Waals surface area contributed by atoms with E-state index in [1.165, 1.54) is 0 Å². The molecule has 29 heavy (non-hydrogen) atoms. The minimum absolute atomic E-state index is 0.0397. The van der Waals surface area contributed by atoms with Crippen molar-refractivity contribution in [3.8, 4) is 11.5 Å². The molecule has 9 nitrogen and oxygen atoms in total. The van der Waals surface area contributed by atoms with Crippen molar-refractivity contribution >= 4 is 11.8 Å². The maximum atomic E-state index is 12.6. The Morgan fingerprint density at radius 1 is 1.14 bits per heavy atom. The van der Waals surface area contributed by atoms with Crippen molar-refractivity contribution in [2.45, 2.75) is 37.5 Å². The van der Waals surface area contributed by atoms with E-state index in [2.05, 4.69) is 5.32 Å². The van der Waals surface area contributed by atoms with Crippen LogP contribution in [0.25, 0.3) is 0 Å². The molecule has 0 unspecified atom stereocenters. The molecule has 2 fully saturated rings. The van der Waals surface area contributed by atoms with Gasteiger partial charge < -0.3 is 34.3 Å². The van der Waals surface area contributed by atoms with Crippen LogP contribution in [0.2, 0.25) is 0 Å². The highest BCUT2D eigenvalue weighted by Gasteiger charge is 2.34. The molecule has 0 saturated carbocycles. The Hall–Kier alpha value is -2.36. The lowest BCUT2D eigenvalue weighted by Gasteiger charge is -2.37. The Bertz CT molecular complexity index is 750. The van der Waals surface area contributed by atoms with Gasteiger partial charge in [0.15, 0.2) is 11.5 Å². The second-order valence-corrected chi connectivity index (χ2v) is 7.40. The van der Waals surface area contributed by atoms with Crippen LogP contribution in [-0.4, -0.2) is 79.8 Å². The average Bonchev–Trinajstić information content (AvgIpc) is 3.23. The van der Waals surface area contributed by atoms with E-state index in [1.807, 2.05) is 0 Å². The summed E-state index contributed by atoms with van der Waals surface area (Å²) in [5.41, 5.74) is 0.454. The van der Waals surface area contributed by atoms with Crippen LogP contribution in [0.15, 0.2) is 18.2 Å². The van der Waals surface area contributed by atoms with Gasteiger partial charge >= 0.3 is 0 Å². The highest BCUT2D eigenvalue weighted by atomic mass is 16.7. The number of hydrogen-bond donors (Lipinski definition) is 2. The van der Waals surface area contributed by atoms with E-state index in [-0.39, 0.29) is 43.8 Å². The fourth-order valence-electron chi connectivity index (χ4n) is 3.87. The second kappa shape index (κ2) is 8.98. The molecule has 158 valence electrons. The fourth-order valence-corrected chi connectivity index (χ4v) is 3.87. The zero-order valence-corrected chi connectivity index (χ0v) is 16.2. The van der Waals surface area contributed by atoms with Crippen LogP contribution in [-0.2, 0) is 14.3 Å². The molecule has 0 aromatic heterocycles. The molecule has 2 saturated heterocycles. The lowest BCUT2D eigenvalue weighted by atomic mass is 9.96. The summed E-state index contributed by atoms with van der Waals surface area (Å²) in [7, 11) is 0. The highest BCUT2D eigenvalue weighted by Crippen LogP contribution is 2.32. The van der Waals surface area contributed by atoms with Crippen LogP contribution < -0.4 is 14.8 Å². The normalized spacial score (nSPS) is 26.2. The summed E-state index contributed by atoms with van der Waals surface area (Å²) < 4.78 is 21.8. The second-order valence-electron chi connectivity index (χ2n) is 7.40. The van der Waals surface area contributed by atoms with Gasteiger partial charge in [0.25, 0.3) is 5.91 Å². The summed E-state index contributed by atoms with van der Waals surface area (Å²) in [6.45, 7) is 2.24. The van der Waals surface area contributed by atoms with E-state index in [4.69, 9.17) is 18.9 Å². The molecule has 4 rings (SSSR count). The summed E-state index contributed by atoms with van der Waals surface area (Å²) in [5.74, 6) is 0.928. The molecule has 2 amide bonds. The molecule has 3 aliphatic heterocycles. The van der Waals surface area contributed by atoms with Crippen molar-refractivity contribution in [2.75, 3.05) is 39.7 Å². The third-order valence-corrected chi connectivity index (χ3v) is 5.51. The Morgan fingerprint density at radius 3 is 2.72 bits per heavy atom. The van der Waals surface area contributed by atoms with Crippen molar-refractivity contribution in [3.05, 3.63) is 23.8 Å². The molecule has 0 bridgehead atoms. The zero-order chi connectivity index (χ0) is 20.2. The van der Waals surface area contributed by atoms with Crippen molar-refractivity contribution in [1.82, 2.24) is 10.2 Å². The lowest BCUT2D eigenvalue weighted by Crippen LogP contribution is -2.52. The molecule has 0 aliphatic carbocycles. The number of amides is 2. The predicted molar refractivity (Wildman–Crippen MR) is 101 cm³/mol. The van der Waals surface area contributed by atoms with Gasteiger partial charge in [-0.25, -0.2) is 0 Å². The Kier molecular flexibility index (Phi) is 6.17. The number of carbonyl (C=O) groups is 2. The van der Waals surface area contributed by atoms with Crippen molar-refractivity contribution in [1.29, 1.82) is 0 Å². The molecular formula is C20H26N2O7. The molecule has 3 heterocycles. The van der Waals surface area contributed by atoms with Gasteiger partial charge in [-0.15, -0.1) is 0 Å². The largest absolute Gasteiger partial charge is 0.454 e. The summed E-state index contributed by atoms with van der Waals surface area (Å²) in [6.07, 6.45) is 0.728. The standard InChI is InChI=1S/C20H26N2O7/c23-11-18-15(21-20(25)13-1-4-16-17(9-13)28-12-27-16)3-2-14(29-18)10-19(24)22-5-7-26-8-6-22/h1,4,9,14-15,18,23H,2-3,5-8,10-12H2,(H,21,25)/t14-,15-,18+/m0/s1. The van der Waals surface area contributed by atoms with Gasteiger partial charge in [0, 0.05) is 18.7 Å². The van der Waals surface area contributed by atoms with Crippen LogP contribution in [0.4, 0.5) is 0 Å². The number of carbonyl (C=O) groups excluding carboxylic acids is 2. The van der Waals surface area contributed by atoms with Crippen LogP contribution in [0, 0.1) is 0 Å². The highest BCUT2D eigenvalue weighted by molar-refractivity contribution is 5.95. The summed E-state index contributed by atoms with van der Waals surface area (Å²) in [4.78, 5) is 26.8. The van der Waals surface area contributed by atoms with Crippen LogP contribution in [0.3, 0.4) is 0 Å². The Labute approximate surface area is 168 Å². The van der Waals surface area contributed by atoms with Gasteiger partial charge in [0.1, 0.15) is 6.10 Å². The quantitative estimate of drug-likeness (QED) is 0.724. The Balaban J connectivity index is 1.31. The molecule has 1 aromatic carbocycles. The number of rotatable bonds is 5. The number of aliphatic hydroxyl groups excluding tert-OH is 1. The third-order valence-electron chi connectivity index (χ3n) is 5.51. The zero-order valence-electron chi connectivity index (χ0n) is 16.2. The molecule has 0 spiro atoms. The summed E-state index contributed by atoms with van der Waals surface area (Å²) in [6, 6.07) is 4.68. The average molecular weight is 406 g/mol. The summed E-state index contributed by atoms with van der Waals surface area (Å²) in [5, 5.41) is 12.7. The van der Waals surface area contributed by atoms with Gasteiger partial charge in [0.2, 0.25) is 12.7 Å². The van der Waals surface area contributed by atoms with Crippen molar-refractivity contribution in [3.63, 3.8) is 0 Å². The maximum Gasteiger partial charge on any atom is 0.251 e. The summed E-state index contributed by atoms with van der Waals surface area (Å²) >= 11 is 0. The predicted octanol–water partition coefficient (Wildman–Crippen LogP) is 0.303. The van der Waals surface area contributed by atoms with E-state index < -0.39 is 6.10 Å². The van der Waals surface area contributed by atoms with Gasteiger partial charge in [-0.05, 0) is 31.0 Å². The minimum atomic E-state index is -0.552. The number of morpholine rings is 1. The van der Waals surface area contributed by atoms with E-state index in [1.54, 1.807) is 23.1 Å². The van der Waals surface area contributed by atoms with E-state index >= 15 is 0 Å². The lowest BCUT2D eigenvalue weighted by molar-refractivity contribution is -0.143. The third kappa shape index (κ3) is 4.63. The number of nitrogens with one attached hydrogen (secondary N) is 1. The number of aliphatic hydroxyl groups is 1. The molecule has 3 atom stereocenters. The first-order valence-electron chi connectivity index (χ1n) is 9.96. The van der Waals surface area contributed by atoms with Gasteiger partial charge in [-0.3, -0.25) is 9.59 Å². The number of benzene rings is 1. The fraction of sp³-hybridized carbons (Fsp3) is 0.600. The molecule has 2 N–H and O–H groups in total. The first-order valence-corrected chi connectivity index (χ1v) is 9.96. The SMILES string of the molecule is O=C(N[C@H]1CC[C@@H](CC(=O)N2CCOCC2)O[C@@H]1CO)c1ccc2c(c1)OCO2. The van der Waals surface area contributed by atoms with Crippen molar-refractivity contribution in [2.24, 2.45) is 0 Å². The van der Waals surface area contributed by atoms with Crippen molar-refractivity contribution < 1.29 is 33.6 Å². The number of fused-ring (bicyclic) bond motifs is 1. The number of ether oxygens (including phenoxy) is 4. The van der Waals surface area contributed by atoms with Crippen LogP contribution >= 0.6 is 0 Å². The minimum Gasteiger partial charge on any atom is -0.454 e. The first kappa shape index (κ1) is 19.9. The molecule has 0 radical (unpaired) electrons. The number of nitrogens with zero attached hydrogens (tertiary/aromatic N) is 1. The maximum absolute atomic E-state index is 12.6. The molecule has 3 aliphatic rings. The van der Waals surface area contributed by atoms with Gasteiger partial charge in [0.05, 0.1) is 38.4 Å². The van der Waals surface area contributed by atoms with E-state index in [0.717, 1.165) is 0 Å². The smallest absolute Gasteiger partial charge is 0.251 e. The number of hydrogen-bond acceptors (Lipinski definition) is 7. The first-order chi connectivity index (χ1) is 14.1. The van der Waals surface area contributed by atoms with E-state index in [0.29, 0.717) is 56.2 Å². The molecule has 9 heteroatoms. The monoisotopic (exact) mass is 406 g/mol. The molecular weight excluding hydrogens is 380 g/mol. The topological polar surface area (TPSA) is 107 Å². The Morgan fingerprint density at radius 2 is 1.93 bits per heavy atom.